The summed E-state index contributed by atoms with van der Waals surface area (Å²) in [4.78, 5) is 4.46. The lowest BCUT2D eigenvalue weighted by Crippen LogP contribution is -2.36. The second kappa shape index (κ2) is 4.18. The highest BCUT2D eigenvalue weighted by Crippen LogP contribution is 2.22. The zero-order chi connectivity index (χ0) is 10.7. The van der Waals surface area contributed by atoms with E-state index in [1.165, 1.54) is 0 Å². The normalized spacial score (nSPS) is 21.6. The Balaban J connectivity index is 1.96. The first-order valence-electron chi connectivity index (χ1n) is 4.88. The Morgan fingerprint density at radius 3 is 3.07 bits per heavy atom. The molecule has 2 heterocycles. The highest BCUT2D eigenvalue weighted by atomic mass is 32.2. The van der Waals surface area contributed by atoms with Crippen molar-refractivity contribution in [2.45, 2.75) is 25.9 Å². The molecule has 0 unspecified atom stereocenters. The van der Waals surface area contributed by atoms with Crippen molar-refractivity contribution in [3.05, 3.63) is 24.0 Å². The second-order valence-electron chi connectivity index (χ2n) is 4.13. The molecule has 0 atom stereocenters. The van der Waals surface area contributed by atoms with Gasteiger partial charge in [0.1, 0.15) is 0 Å². The van der Waals surface area contributed by atoms with E-state index in [-0.39, 0.29) is 5.54 Å². The first-order chi connectivity index (χ1) is 7.16. The Kier molecular flexibility index (Phi) is 2.90. The van der Waals surface area contributed by atoms with Crippen molar-refractivity contribution >= 4 is 16.9 Å². The predicted molar refractivity (Wildman–Crippen MR) is 62.8 cm³/mol. The van der Waals surface area contributed by atoms with Crippen LogP contribution in [0.2, 0.25) is 0 Å². The van der Waals surface area contributed by atoms with Gasteiger partial charge in [-0.3, -0.25) is 4.99 Å². The van der Waals surface area contributed by atoms with Gasteiger partial charge in [0.25, 0.3) is 0 Å². The van der Waals surface area contributed by atoms with Gasteiger partial charge < -0.3 is 5.32 Å². The maximum Gasteiger partial charge on any atom is 0.157 e. The molecule has 4 nitrogen and oxygen atoms in total. The summed E-state index contributed by atoms with van der Waals surface area (Å²) < 4.78 is 0. The third-order valence-electron chi connectivity index (χ3n) is 2.03. The Morgan fingerprint density at radius 1 is 1.60 bits per heavy atom. The SMILES string of the molecule is CC1(C)CSC(=NCc2cccnn2)N1. The van der Waals surface area contributed by atoms with Crippen molar-refractivity contribution in [2.75, 3.05) is 5.75 Å². The molecule has 1 aromatic rings. The molecule has 1 aliphatic rings. The molecule has 0 amide bonds. The smallest absolute Gasteiger partial charge is 0.157 e. The van der Waals surface area contributed by atoms with E-state index < -0.39 is 0 Å². The fourth-order valence-electron chi connectivity index (χ4n) is 1.27. The number of aromatic nitrogens is 2. The van der Waals surface area contributed by atoms with E-state index in [1.54, 1.807) is 18.0 Å². The van der Waals surface area contributed by atoms with Crippen LogP contribution in [0.4, 0.5) is 0 Å². The Morgan fingerprint density at radius 2 is 2.47 bits per heavy atom. The van der Waals surface area contributed by atoms with Gasteiger partial charge in [0.05, 0.1) is 12.2 Å². The number of amidine groups is 1. The zero-order valence-corrected chi connectivity index (χ0v) is 9.71. The van der Waals surface area contributed by atoms with E-state index in [4.69, 9.17) is 0 Å². The Labute approximate surface area is 93.6 Å². The Bertz CT molecular complexity index is 361. The van der Waals surface area contributed by atoms with Crippen LogP contribution in [0, 0.1) is 0 Å². The molecular formula is C10H14N4S. The summed E-state index contributed by atoms with van der Waals surface area (Å²) in [5.74, 6) is 1.06. The minimum absolute atomic E-state index is 0.159. The zero-order valence-electron chi connectivity index (χ0n) is 8.90. The number of nitrogens with zero attached hydrogens (tertiary/aromatic N) is 3. The summed E-state index contributed by atoms with van der Waals surface area (Å²) in [5, 5.41) is 12.2. The highest BCUT2D eigenvalue weighted by molar-refractivity contribution is 8.14. The molecule has 1 aromatic heterocycles. The highest BCUT2D eigenvalue weighted by Gasteiger charge is 2.26. The molecule has 0 radical (unpaired) electrons. The van der Waals surface area contributed by atoms with E-state index in [9.17, 15) is 0 Å². The Hall–Kier alpha value is -1.10. The van der Waals surface area contributed by atoms with Crippen LogP contribution in [-0.4, -0.2) is 26.7 Å². The number of nitrogens with one attached hydrogen (secondary N) is 1. The second-order valence-corrected chi connectivity index (χ2v) is 5.10. The van der Waals surface area contributed by atoms with Gasteiger partial charge in [-0.05, 0) is 26.0 Å². The number of rotatable bonds is 2. The average Bonchev–Trinajstić information content (AvgIpc) is 2.57. The van der Waals surface area contributed by atoms with Crippen molar-refractivity contribution in [1.29, 1.82) is 0 Å². The third kappa shape index (κ3) is 2.92. The molecule has 15 heavy (non-hydrogen) atoms. The maximum absolute atomic E-state index is 4.46. The van der Waals surface area contributed by atoms with Gasteiger partial charge in [0.15, 0.2) is 5.17 Å². The quantitative estimate of drug-likeness (QED) is 0.823. The van der Waals surface area contributed by atoms with E-state index in [1.807, 2.05) is 12.1 Å². The summed E-state index contributed by atoms with van der Waals surface area (Å²) >= 11 is 1.76. The lowest BCUT2D eigenvalue weighted by molar-refractivity contribution is 0.536. The van der Waals surface area contributed by atoms with Gasteiger partial charge in [0, 0.05) is 17.5 Å². The monoisotopic (exact) mass is 222 g/mol. The molecule has 1 saturated heterocycles. The van der Waals surface area contributed by atoms with Crippen LogP contribution in [0.5, 0.6) is 0 Å². The lowest BCUT2D eigenvalue weighted by atomic mass is 10.1. The average molecular weight is 222 g/mol. The fraction of sp³-hybridized carbons (Fsp3) is 0.500. The van der Waals surface area contributed by atoms with Crippen LogP contribution in [0.1, 0.15) is 19.5 Å². The van der Waals surface area contributed by atoms with Crippen molar-refractivity contribution < 1.29 is 0 Å². The molecule has 0 aromatic carbocycles. The molecule has 0 spiro atoms. The lowest BCUT2D eigenvalue weighted by Gasteiger charge is -2.15. The molecule has 2 rings (SSSR count). The number of aliphatic imine (C=N–C) groups is 1. The van der Waals surface area contributed by atoms with Crippen LogP contribution < -0.4 is 5.32 Å². The van der Waals surface area contributed by atoms with E-state index in [2.05, 4.69) is 34.4 Å². The molecule has 5 heteroatoms. The first kappa shape index (κ1) is 10.4. The van der Waals surface area contributed by atoms with Crippen LogP contribution in [0.25, 0.3) is 0 Å². The topological polar surface area (TPSA) is 50.2 Å². The first-order valence-corrected chi connectivity index (χ1v) is 5.86. The van der Waals surface area contributed by atoms with Crippen LogP contribution >= 0.6 is 11.8 Å². The van der Waals surface area contributed by atoms with E-state index >= 15 is 0 Å². The number of hydrogen-bond donors (Lipinski definition) is 1. The molecule has 80 valence electrons. The molecule has 1 N–H and O–H groups in total. The molecule has 0 saturated carbocycles. The van der Waals surface area contributed by atoms with Crippen molar-refractivity contribution in [2.24, 2.45) is 4.99 Å². The van der Waals surface area contributed by atoms with Crippen molar-refractivity contribution in [1.82, 2.24) is 15.5 Å². The molecule has 1 fully saturated rings. The van der Waals surface area contributed by atoms with E-state index in [0.29, 0.717) is 6.54 Å². The molecule has 0 aliphatic carbocycles. The summed E-state index contributed by atoms with van der Waals surface area (Å²) in [7, 11) is 0. The van der Waals surface area contributed by atoms with Gasteiger partial charge in [-0.15, -0.1) is 0 Å². The van der Waals surface area contributed by atoms with Crippen LogP contribution in [0.15, 0.2) is 23.3 Å². The number of hydrogen-bond acceptors (Lipinski definition) is 4. The van der Waals surface area contributed by atoms with Crippen molar-refractivity contribution in [3.63, 3.8) is 0 Å². The molecular weight excluding hydrogens is 208 g/mol. The van der Waals surface area contributed by atoms with Gasteiger partial charge in [-0.2, -0.15) is 10.2 Å². The minimum atomic E-state index is 0.159. The van der Waals surface area contributed by atoms with E-state index in [0.717, 1.165) is 16.6 Å². The summed E-state index contributed by atoms with van der Waals surface area (Å²) in [6, 6.07) is 3.81. The summed E-state index contributed by atoms with van der Waals surface area (Å²) in [5.41, 5.74) is 1.06. The van der Waals surface area contributed by atoms with Crippen molar-refractivity contribution in [3.8, 4) is 0 Å². The maximum atomic E-state index is 4.46. The predicted octanol–water partition coefficient (Wildman–Crippen LogP) is 1.45. The number of thioether (sulfide) groups is 1. The van der Waals surface area contributed by atoms with Gasteiger partial charge in [0.2, 0.25) is 0 Å². The third-order valence-corrected chi connectivity index (χ3v) is 3.40. The van der Waals surface area contributed by atoms with Gasteiger partial charge in [-0.1, -0.05) is 11.8 Å². The fourth-order valence-corrected chi connectivity index (χ4v) is 2.34. The minimum Gasteiger partial charge on any atom is -0.359 e. The standard InChI is InChI=1S/C10H14N4S/c1-10(2)7-15-9(13-10)11-6-8-4-3-5-12-14-8/h3-5H,6-7H2,1-2H3,(H,11,13). The largest absolute Gasteiger partial charge is 0.359 e. The van der Waals surface area contributed by atoms with Crippen LogP contribution in [0.3, 0.4) is 0 Å². The summed E-state index contributed by atoms with van der Waals surface area (Å²) in [6.45, 7) is 4.94. The van der Waals surface area contributed by atoms with Gasteiger partial charge in [-0.25, -0.2) is 0 Å². The van der Waals surface area contributed by atoms with Gasteiger partial charge >= 0.3 is 0 Å². The molecule has 0 bridgehead atoms. The molecule has 1 aliphatic heterocycles. The summed E-state index contributed by atoms with van der Waals surface area (Å²) in [6.07, 6.45) is 1.67. The van der Waals surface area contributed by atoms with Crippen LogP contribution in [-0.2, 0) is 6.54 Å².